The Hall–Kier alpha value is -4.11. The lowest BCUT2D eigenvalue weighted by Gasteiger charge is -2.13. The molecule has 1 saturated heterocycles. The first kappa shape index (κ1) is 24.0. The van der Waals surface area contributed by atoms with Gasteiger partial charge in [-0.3, -0.25) is 14.9 Å². The topological polar surface area (TPSA) is 103 Å². The summed E-state index contributed by atoms with van der Waals surface area (Å²) in [5.74, 6) is 0.727. The highest BCUT2D eigenvalue weighted by Crippen LogP contribution is 2.36. The fraction of sp³-hybridized carbons (Fsp3) is 0.154. The average molecular weight is 490 g/mol. The number of non-ortho nitro benzene ring substituents is 1. The van der Waals surface area contributed by atoms with Crippen molar-refractivity contribution in [2.24, 2.45) is 4.99 Å². The maximum Gasteiger partial charge on any atom is 0.269 e. The molecule has 1 heterocycles. The van der Waals surface area contributed by atoms with Gasteiger partial charge in [0, 0.05) is 17.7 Å². The van der Waals surface area contributed by atoms with Gasteiger partial charge in [0.05, 0.1) is 22.6 Å². The van der Waals surface area contributed by atoms with Gasteiger partial charge in [0.25, 0.3) is 11.6 Å². The van der Waals surface area contributed by atoms with Crippen LogP contribution in [0.2, 0.25) is 0 Å². The number of nitro groups is 1. The fourth-order valence-electron chi connectivity index (χ4n) is 3.49. The van der Waals surface area contributed by atoms with Gasteiger partial charge in [-0.05, 0) is 67.1 Å². The lowest BCUT2D eigenvalue weighted by Crippen LogP contribution is -2.19. The Labute approximate surface area is 206 Å². The van der Waals surface area contributed by atoms with Crippen molar-refractivity contribution in [2.75, 3.05) is 7.11 Å². The van der Waals surface area contributed by atoms with E-state index in [2.05, 4.69) is 10.3 Å². The molecule has 1 aliphatic heterocycles. The smallest absolute Gasteiger partial charge is 0.269 e. The highest BCUT2D eigenvalue weighted by Gasteiger charge is 2.25. The van der Waals surface area contributed by atoms with Crippen LogP contribution in [0.4, 0.5) is 11.4 Å². The number of benzene rings is 3. The van der Waals surface area contributed by atoms with Crippen molar-refractivity contribution < 1.29 is 19.2 Å². The molecule has 35 heavy (non-hydrogen) atoms. The van der Waals surface area contributed by atoms with Gasteiger partial charge in [-0.2, -0.15) is 0 Å². The third-order valence-corrected chi connectivity index (χ3v) is 6.18. The van der Waals surface area contributed by atoms with E-state index in [-0.39, 0.29) is 18.2 Å². The van der Waals surface area contributed by atoms with Crippen LogP contribution in [0.25, 0.3) is 6.08 Å². The summed E-state index contributed by atoms with van der Waals surface area (Å²) in [6.45, 7) is 4.18. The second-order valence-electron chi connectivity index (χ2n) is 7.86. The second-order valence-corrected chi connectivity index (χ2v) is 8.89. The number of ether oxygens (including phenoxy) is 2. The summed E-state index contributed by atoms with van der Waals surface area (Å²) in [4.78, 5) is 28.1. The summed E-state index contributed by atoms with van der Waals surface area (Å²) >= 11 is 1.25. The van der Waals surface area contributed by atoms with Crippen LogP contribution in [0.3, 0.4) is 0 Å². The number of nitrogens with zero attached hydrogens (tertiary/aromatic N) is 2. The number of para-hydroxylation sites is 1. The van der Waals surface area contributed by atoms with Gasteiger partial charge >= 0.3 is 0 Å². The van der Waals surface area contributed by atoms with Crippen LogP contribution in [-0.4, -0.2) is 23.1 Å². The molecule has 0 saturated carbocycles. The minimum atomic E-state index is -0.447. The molecule has 3 aromatic rings. The number of nitrogens with one attached hydrogen (secondary N) is 1. The number of hydrogen-bond acceptors (Lipinski definition) is 7. The molecule has 178 valence electrons. The van der Waals surface area contributed by atoms with Gasteiger partial charge in [-0.25, -0.2) is 4.99 Å². The quantitative estimate of drug-likeness (QED) is 0.260. The molecule has 0 radical (unpaired) electrons. The Morgan fingerprint density at radius 1 is 1.11 bits per heavy atom. The highest BCUT2D eigenvalue weighted by atomic mass is 32.2. The molecule has 0 spiro atoms. The Balaban J connectivity index is 1.57. The number of nitro benzene ring substituents is 1. The van der Waals surface area contributed by atoms with Crippen LogP contribution < -0.4 is 14.8 Å². The van der Waals surface area contributed by atoms with Crippen molar-refractivity contribution in [1.29, 1.82) is 0 Å². The van der Waals surface area contributed by atoms with Crippen LogP contribution >= 0.6 is 11.8 Å². The van der Waals surface area contributed by atoms with E-state index in [1.807, 2.05) is 44.2 Å². The monoisotopic (exact) mass is 489 g/mol. The molecule has 0 bridgehead atoms. The molecule has 1 aliphatic rings. The van der Waals surface area contributed by atoms with E-state index < -0.39 is 4.92 Å². The summed E-state index contributed by atoms with van der Waals surface area (Å²) < 4.78 is 11.5. The zero-order valence-electron chi connectivity index (χ0n) is 19.4. The molecule has 8 nitrogen and oxygen atoms in total. The minimum absolute atomic E-state index is 0.0130. The van der Waals surface area contributed by atoms with Gasteiger partial charge < -0.3 is 14.8 Å². The Morgan fingerprint density at radius 3 is 2.57 bits per heavy atom. The summed E-state index contributed by atoms with van der Waals surface area (Å²) in [6, 6.07) is 17.5. The molecule has 9 heteroatoms. The number of rotatable bonds is 7. The van der Waals surface area contributed by atoms with Gasteiger partial charge in [-0.15, -0.1) is 0 Å². The summed E-state index contributed by atoms with van der Waals surface area (Å²) in [5, 5.41) is 14.2. The van der Waals surface area contributed by atoms with Crippen LogP contribution in [0.5, 0.6) is 11.5 Å². The van der Waals surface area contributed by atoms with Crippen molar-refractivity contribution in [3.8, 4) is 11.5 Å². The number of amidine groups is 1. The molecule has 0 unspecified atom stereocenters. The zero-order valence-corrected chi connectivity index (χ0v) is 20.2. The predicted octanol–water partition coefficient (Wildman–Crippen LogP) is 5.69. The largest absolute Gasteiger partial charge is 0.493 e. The number of carbonyl (C=O) groups is 1. The maximum absolute atomic E-state index is 12.6. The summed E-state index contributed by atoms with van der Waals surface area (Å²) in [6.07, 6.45) is 1.73. The van der Waals surface area contributed by atoms with Crippen molar-refractivity contribution in [3.63, 3.8) is 0 Å². The molecule has 1 fully saturated rings. The van der Waals surface area contributed by atoms with Crippen molar-refractivity contribution in [2.45, 2.75) is 20.5 Å². The number of methoxy groups -OCH3 is 1. The van der Waals surface area contributed by atoms with E-state index in [0.717, 1.165) is 22.4 Å². The van der Waals surface area contributed by atoms with Crippen molar-refractivity contribution >= 4 is 40.3 Å². The predicted molar refractivity (Wildman–Crippen MR) is 137 cm³/mol. The normalized spacial score (nSPS) is 15.3. The first-order chi connectivity index (χ1) is 16.8. The highest BCUT2D eigenvalue weighted by molar-refractivity contribution is 8.18. The molecule has 0 aromatic heterocycles. The number of thioether (sulfide) groups is 1. The number of hydrogen-bond donors (Lipinski definition) is 1. The number of carbonyl (C=O) groups excluding carboxylic acids is 1. The molecule has 4 rings (SSSR count). The number of amides is 1. The fourth-order valence-corrected chi connectivity index (χ4v) is 4.32. The Morgan fingerprint density at radius 2 is 1.89 bits per heavy atom. The third kappa shape index (κ3) is 5.70. The Kier molecular flexibility index (Phi) is 7.17. The first-order valence-corrected chi connectivity index (χ1v) is 11.6. The van der Waals surface area contributed by atoms with Gasteiger partial charge in [-0.1, -0.05) is 29.8 Å². The SMILES string of the molecule is COc1cccc(/C=C2/SC(=Nc3ccc(C)cc3C)NC2=O)c1OCc1ccc([N+](=O)[O-])cc1. The van der Waals surface area contributed by atoms with E-state index >= 15 is 0 Å². The minimum Gasteiger partial charge on any atom is -0.493 e. The van der Waals surface area contributed by atoms with Crippen LogP contribution in [0.1, 0.15) is 22.3 Å². The Bertz CT molecular complexity index is 1350. The number of aryl methyl sites for hydroxylation is 2. The zero-order chi connectivity index (χ0) is 24.9. The van der Waals surface area contributed by atoms with Crippen LogP contribution in [-0.2, 0) is 11.4 Å². The van der Waals surface area contributed by atoms with Crippen molar-refractivity contribution in [1.82, 2.24) is 5.32 Å². The maximum atomic E-state index is 12.6. The second kappa shape index (κ2) is 10.4. The first-order valence-electron chi connectivity index (χ1n) is 10.7. The van der Waals surface area contributed by atoms with Gasteiger partial charge in [0.2, 0.25) is 0 Å². The molecule has 1 N–H and O–H groups in total. The lowest BCUT2D eigenvalue weighted by atomic mass is 10.1. The van der Waals surface area contributed by atoms with Gasteiger partial charge in [0.15, 0.2) is 16.7 Å². The van der Waals surface area contributed by atoms with Crippen LogP contribution in [0.15, 0.2) is 70.6 Å². The van der Waals surface area contributed by atoms with E-state index in [9.17, 15) is 14.9 Å². The molecule has 3 aromatic carbocycles. The van der Waals surface area contributed by atoms with Gasteiger partial charge in [0.1, 0.15) is 6.61 Å². The number of aliphatic imine (C=N–C) groups is 1. The summed E-state index contributed by atoms with van der Waals surface area (Å²) in [7, 11) is 1.54. The van der Waals surface area contributed by atoms with E-state index in [4.69, 9.17) is 9.47 Å². The third-order valence-electron chi connectivity index (χ3n) is 5.27. The summed E-state index contributed by atoms with van der Waals surface area (Å²) in [5.41, 5.74) is 4.41. The van der Waals surface area contributed by atoms with E-state index in [1.54, 1.807) is 24.3 Å². The molecule has 1 amide bonds. The van der Waals surface area contributed by atoms with E-state index in [1.165, 1.54) is 31.0 Å². The molecule has 0 aliphatic carbocycles. The molecule has 0 atom stereocenters. The molecular formula is C26H23N3O5S. The van der Waals surface area contributed by atoms with Crippen LogP contribution in [0, 0.1) is 24.0 Å². The molecular weight excluding hydrogens is 466 g/mol. The lowest BCUT2D eigenvalue weighted by molar-refractivity contribution is -0.384. The standard InChI is InChI=1S/C26H23N3O5S/c1-16-7-12-21(17(2)13-16)27-26-28-25(30)23(35-26)14-19-5-4-6-22(33-3)24(19)34-15-18-8-10-20(11-9-18)29(31)32/h4-14H,15H2,1-3H3,(H,27,28,30)/b23-14+. The average Bonchev–Trinajstić information content (AvgIpc) is 3.18. The van der Waals surface area contributed by atoms with E-state index in [0.29, 0.717) is 27.1 Å². The van der Waals surface area contributed by atoms with Crippen molar-refractivity contribution in [3.05, 3.63) is 97.9 Å².